The Bertz CT molecular complexity index is 1250. The van der Waals surface area contributed by atoms with Gasteiger partial charge in [-0.1, -0.05) is 12.1 Å². The number of fused-ring (bicyclic) bond motifs is 1. The normalized spacial score (nSPS) is 10.9. The van der Waals surface area contributed by atoms with E-state index < -0.39 is 5.91 Å². The van der Waals surface area contributed by atoms with E-state index in [2.05, 4.69) is 21.5 Å². The Morgan fingerprint density at radius 2 is 2.10 bits per heavy atom. The second-order valence-corrected chi connectivity index (χ2v) is 6.94. The van der Waals surface area contributed by atoms with Crippen LogP contribution in [0.4, 0.5) is 5.69 Å². The van der Waals surface area contributed by atoms with Crippen molar-refractivity contribution in [3.8, 4) is 11.8 Å². The highest BCUT2D eigenvalue weighted by molar-refractivity contribution is 6.02. The number of pyridine rings is 1. The van der Waals surface area contributed by atoms with Gasteiger partial charge in [-0.05, 0) is 44.2 Å². The predicted octanol–water partition coefficient (Wildman–Crippen LogP) is 4.31. The van der Waals surface area contributed by atoms with Crippen LogP contribution in [0.15, 0.2) is 59.3 Å². The minimum absolute atomic E-state index is 0.105. The molecule has 0 unspecified atom stereocenters. The van der Waals surface area contributed by atoms with E-state index in [1.165, 1.54) is 0 Å². The van der Waals surface area contributed by atoms with Crippen molar-refractivity contribution in [1.29, 1.82) is 5.26 Å². The highest BCUT2D eigenvalue weighted by Crippen LogP contribution is 2.21. The molecule has 1 N–H and O–H groups in total. The molecule has 1 amide bonds. The fourth-order valence-electron chi connectivity index (χ4n) is 2.99. The molecule has 8 nitrogen and oxygen atoms in total. The van der Waals surface area contributed by atoms with Gasteiger partial charge in [0.15, 0.2) is 11.4 Å². The molecule has 0 saturated heterocycles. The average Bonchev–Trinajstić information content (AvgIpc) is 3.39. The summed E-state index contributed by atoms with van der Waals surface area (Å²) in [5, 5.41) is 17.1. The zero-order valence-corrected chi connectivity index (χ0v) is 16.5. The molecule has 0 saturated carbocycles. The Labute approximate surface area is 172 Å². The summed E-state index contributed by atoms with van der Waals surface area (Å²) in [5.41, 5.74) is 1.75. The molecule has 0 aliphatic heterocycles. The molecule has 0 spiro atoms. The molecule has 4 aromatic rings. The van der Waals surface area contributed by atoms with Crippen LogP contribution >= 0.6 is 0 Å². The number of para-hydroxylation sites is 1. The first-order valence-corrected chi connectivity index (χ1v) is 9.40. The minimum Gasteiger partial charge on any atom is -0.484 e. The third-order valence-electron chi connectivity index (χ3n) is 4.44. The molecule has 0 radical (unpaired) electrons. The maximum absolute atomic E-state index is 12.5. The fraction of sp³-hybridized carbons (Fsp3) is 0.182. The van der Waals surface area contributed by atoms with Crippen LogP contribution in [0, 0.1) is 11.3 Å². The number of carbonyl (C=O) groups is 1. The van der Waals surface area contributed by atoms with Gasteiger partial charge in [0.05, 0.1) is 23.6 Å². The van der Waals surface area contributed by atoms with E-state index in [-0.39, 0.29) is 18.4 Å². The van der Waals surface area contributed by atoms with Gasteiger partial charge in [0.1, 0.15) is 24.2 Å². The Kier molecular flexibility index (Phi) is 5.18. The van der Waals surface area contributed by atoms with E-state index in [1.807, 2.05) is 24.6 Å². The first-order chi connectivity index (χ1) is 14.5. The molecule has 0 bridgehead atoms. The SMILES string of the molecule is CC(C)n1ncc2cc(NC(=O)c3ccc(COc4ccccc4C#N)o3)cnc21. The maximum Gasteiger partial charge on any atom is 0.291 e. The van der Waals surface area contributed by atoms with Crippen molar-refractivity contribution in [2.24, 2.45) is 0 Å². The van der Waals surface area contributed by atoms with Crippen LogP contribution in [0.1, 0.15) is 41.8 Å². The van der Waals surface area contributed by atoms with Crippen molar-refractivity contribution in [2.75, 3.05) is 5.32 Å². The van der Waals surface area contributed by atoms with Gasteiger partial charge < -0.3 is 14.5 Å². The van der Waals surface area contributed by atoms with Crippen LogP contribution in [-0.2, 0) is 6.61 Å². The molecule has 1 aromatic carbocycles. The lowest BCUT2D eigenvalue weighted by atomic mass is 10.2. The van der Waals surface area contributed by atoms with Crippen molar-refractivity contribution < 1.29 is 13.9 Å². The number of rotatable bonds is 6. The number of aromatic nitrogens is 3. The van der Waals surface area contributed by atoms with Crippen LogP contribution < -0.4 is 10.1 Å². The highest BCUT2D eigenvalue weighted by Gasteiger charge is 2.14. The van der Waals surface area contributed by atoms with Crippen molar-refractivity contribution in [3.63, 3.8) is 0 Å². The number of nitrogens with zero attached hydrogens (tertiary/aromatic N) is 4. The van der Waals surface area contributed by atoms with Gasteiger partial charge >= 0.3 is 0 Å². The molecule has 8 heteroatoms. The smallest absolute Gasteiger partial charge is 0.291 e. The summed E-state index contributed by atoms with van der Waals surface area (Å²) in [6, 6.07) is 14.3. The molecule has 0 atom stereocenters. The number of furan rings is 1. The largest absolute Gasteiger partial charge is 0.484 e. The number of carbonyl (C=O) groups excluding carboxylic acids is 1. The van der Waals surface area contributed by atoms with E-state index in [0.29, 0.717) is 22.8 Å². The Balaban J connectivity index is 1.43. The van der Waals surface area contributed by atoms with Crippen LogP contribution in [0.25, 0.3) is 11.0 Å². The Morgan fingerprint density at radius 3 is 2.90 bits per heavy atom. The molecular formula is C22H19N5O3. The van der Waals surface area contributed by atoms with Gasteiger partial charge in [-0.15, -0.1) is 0 Å². The number of ether oxygens (including phenoxy) is 1. The van der Waals surface area contributed by atoms with Gasteiger partial charge in [0, 0.05) is 11.4 Å². The number of nitriles is 1. The zero-order valence-electron chi connectivity index (χ0n) is 16.5. The van der Waals surface area contributed by atoms with Gasteiger partial charge in [0.2, 0.25) is 0 Å². The van der Waals surface area contributed by atoms with Gasteiger partial charge in [-0.3, -0.25) is 4.79 Å². The standard InChI is InChI=1S/C22H19N5O3/c1-14(2)27-21-16(11-25-27)9-17(12-24-21)26-22(28)20-8-7-18(30-20)13-29-19-6-4-3-5-15(19)10-23/h3-9,11-12,14H,13H2,1-2H3,(H,26,28). The summed E-state index contributed by atoms with van der Waals surface area (Å²) >= 11 is 0. The van der Waals surface area contributed by atoms with E-state index in [1.54, 1.807) is 48.8 Å². The summed E-state index contributed by atoms with van der Waals surface area (Å²) in [7, 11) is 0. The molecule has 4 rings (SSSR count). The Hall–Kier alpha value is -4.12. The van der Waals surface area contributed by atoms with Crippen molar-refractivity contribution >= 4 is 22.6 Å². The third kappa shape index (κ3) is 3.86. The third-order valence-corrected chi connectivity index (χ3v) is 4.44. The molecular weight excluding hydrogens is 382 g/mol. The second kappa shape index (κ2) is 8.09. The monoisotopic (exact) mass is 401 g/mol. The summed E-state index contributed by atoms with van der Waals surface area (Å²) < 4.78 is 13.0. The van der Waals surface area contributed by atoms with Crippen molar-refractivity contribution in [3.05, 3.63) is 71.9 Å². The molecule has 3 aromatic heterocycles. The van der Waals surface area contributed by atoms with E-state index in [9.17, 15) is 4.79 Å². The Morgan fingerprint density at radius 1 is 1.27 bits per heavy atom. The zero-order chi connectivity index (χ0) is 21.1. The first kappa shape index (κ1) is 19.2. The summed E-state index contributed by atoms with van der Waals surface area (Å²) in [5.74, 6) is 0.694. The number of hydrogen-bond acceptors (Lipinski definition) is 6. The lowest BCUT2D eigenvalue weighted by Gasteiger charge is -2.07. The number of amides is 1. The molecule has 150 valence electrons. The van der Waals surface area contributed by atoms with Gasteiger partial charge in [0.25, 0.3) is 5.91 Å². The number of hydrogen-bond donors (Lipinski definition) is 1. The summed E-state index contributed by atoms with van der Waals surface area (Å²) in [4.78, 5) is 16.9. The summed E-state index contributed by atoms with van der Waals surface area (Å²) in [6.07, 6.45) is 3.31. The predicted molar refractivity (Wildman–Crippen MR) is 110 cm³/mol. The molecule has 0 aliphatic rings. The molecule has 30 heavy (non-hydrogen) atoms. The van der Waals surface area contributed by atoms with Crippen molar-refractivity contribution in [1.82, 2.24) is 14.8 Å². The molecule has 0 aliphatic carbocycles. The van der Waals surface area contributed by atoms with E-state index in [0.717, 1.165) is 11.0 Å². The van der Waals surface area contributed by atoms with Crippen LogP contribution in [0.3, 0.4) is 0 Å². The van der Waals surface area contributed by atoms with Crippen LogP contribution in [-0.4, -0.2) is 20.7 Å². The lowest BCUT2D eigenvalue weighted by Crippen LogP contribution is -2.11. The van der Waals surface area contributed by atoms with Crippen LogP contribution in [0.2, 0.25) is 0 Å². The molecule has 3 heterocycles. The number of nitrogens with one attached hydrogen (secondary N) is 1. The van der Waals surface area contributed by atoms with E-state index >= 15 is 0 Å². The second-order valence-electron chi connectivity index (χ2n) is 6.94. The number of benzene rings is 1. The van der Waals surface area contributed by atoms with Crippen molar-refractivity contribution in [2.45, 2.75) is 26.5 Å². The highest BCUT2D eigenvalue weighted by atomic mass is 16.5. The minimum atomic E-state index is -0.393. The number of anilines is 1. The maximum atomic E-state index is 12.5. The van der Waals surface area contributed by atoms with Gasteiger partial charge in [-0.2, -0.15) is 10.4 Å². The fourth-order valence-corrected chi connectivity index (χ4v) is 2.99. The molecule has 0 fully saturated rings. The summed E-state index contributed by atoms with van der Waals surface area (Å²) in [6.45, 7) is 4.16. The van der Waals surface area contributed by atoms with Crippen LogP contribution in [0.5, 0.6) is 5.75 Å². The van der Waals surface area contributed by atoms with E-state index in [4.69, 9.17) is 14.4 Å². The topological polar surface area (TPSA) is 106 Å². The van der Waals surface area contributed by atoms with Gasteiger partial charge in [-0.25, -0.2) is 9.67 Å². The first-order valence-electron chi connectivity index (χ1n) is 9.40. The lowest BCUT2D eigenvalue weighted by molar-refractivity contribution is 0.0992. The quantitative estimate of drug-likeness (QED) is 0.516. The average molecular weight is 401 g/mol.